The van der Waals surface area contributed by atoms with Crippen molar-refractivity contribution in [3.05, 3.63) is 0 Å². The Morgan fingerprint density at radius 3 is 1.56 bits per heavy atom. The van der Waals surface area contributed by atoms with Crippen LogP contribution >= 0.6 is 0 Å². The van der Waals surface area contributed by atoms with E-state index in [9.17, 15) is 14.4 Å². The molecule has 0 radical (unpaired) electrons. The highest BCUT2D eigenvalue weighted by molar-refractivity contribution is 5.72. The first-order valence-electron chi connectivity index (χ1n) is 13.0. The lowest BCUT2D eigenvalue weighted by Crippen LogP contribution is -2.48. The van der Waals surface area contributed by atoms with Crippen LogP contribution in [0.5, 0.6) is 0 Å². The van der Waals surface area contributed by atoms with Gasteiger partial charge in [-0.15, -0.1) is 5.06 Å². The summed E-state index contributed by atoms with van der Waals surface area (Å²) in [5.41, 5.74) is -1.28. The fourth-order valence-electron chi connectivity index (χ4n) is 3.57. The van der Waals surface area contributed by atoms with Crippen LogP contribution in [0.15, 0.2) is 0 Å². The molecular formula is C26H50N4O6. The van der Waals surface area contributed by atoms with Crippen LogP contribution in [0.1, 0.15) is 68.7 Å². The highest BCUT2D eigenvalue weighted by Gasteiger charge is 2.24. The molecule has 0 amide bonds. The Labute approximate surface area is 217 Å². The van der Waals surface area contributed by atoms with E-state index in [4.69, 9.17) is 14.3 Å². The molecule has 1 fully saturated rings. The van der Waals surface area contributed by atoms with Gasteiger partial charge in [0.1, 0.15) is 11.2 Å². The molecule has 0 spiro atoms. The summed E-state index contributed by atoms with van der Waals surface area (Å²) < 4.78 is 11.0. The van der Waals surface area contributed by atoms with Gasteiger partial charge in [0.05, 0.1) is 19.5 Å². The maximum Gasteiger partial charge on any atom is 0.325 e. The minimum absolute atomic E-state index is 0.111. The summed E-state index contributed by atoms with van der Waals surface area (Å²) in [6, 6.07) is 0. The molecule has 0 bridgehead atoms. The number of hydroxylamine groups is 2. The summed E-state index contributed by atoms with van der Waals surface area (Å²) >= 11 is 0. The van der Waals surface area contributed by atoms with Crippen molar-refractivity contribution in [1.29, 1.82) is 0 Å². The van der Waals surface area contributed by atoms with Gasteiger partial charge in [0, 0.05) is 52.4 Å². The normalized spacial score (nSPS) is 18.6. The topological polar surface area (TPSA) is 101 Å². The van der Waals surface area contributed by atoms with Gasteiger partial charge in [-0.25, -0.2) is 0 Å². The van der Waals surface area contributed by atoms with E-state index in [0.717, 1.165) is 0 Å². The number of ether oxygens (including phenoxy) is 2. The predicted molar refractivity (Wildman–Crippen MR) is 139 cm³/mol. The highest BCUT2D eigenvalue weighted by Crippen LogP contribution is 2.19. The van der Waals surface area contributed by atoms with Crippen LogP contribution < -0.4 is 5.32 Å². The number of rotatable bonds is 6. The molecule has 10 heteroatoms. The van der Waals surface area contributed by atoms with Crippen LogP contribution in [-0.4, -0.2) is 109 Å². The number of carbonyl (C=O) groups excluding carboxylic acids is 3. The quantitative estimate of drug-likeness (QED) is 0.530. The van der Waals surface area contributed by atoms with E-state index >= 15 is 0 Å². The maximum atomic E-state index is 12.6. The minimum atomic E-state index is -0.577. The molecule has 210 valence electrons. The Balaban J connectivity index is 2.89. The Hall–Kier alpha value is -1.75. The van der Waals surface area contributed by atoms with Crippen LogP contribution in [0.4, 0.5) is 0 Å². The largest absolute Gasteiger partial charge is 0.459 e. The molecule has 1 rings (SSSR count). The van der Waals surface area contributed by atoms with E-state index < -0.39 is 11.2 Å². The third-order valence-corrected chi connectivity index (χ3v) is 4.99. The monoisotopic (exact) mass is 514 g/mol. The summed E-state index contributed by atoms with van der Waals surface area (Å²) in [7, 11) is 0. The van der Waals surface area contributed by atoms with Gasteiger partial charge in [0.15, 0.2) is 0 Å². The van der Waals surface area contributed by atoms with Crippen LogP contribution in [0.2, 0.25) is 0 Å². The fourth-order valence-corrected chi connectivity index (χ4v) is 3.57. The Kier molecular flexibility index (Phi) is 12.8. The summed E-state index contributed by atoms with van der Waals surface area (Å²) in [6.45, 7) is 21.9. The van der Waals surface area contributed by atoms with Crippen molar-refractivity contribution in [3.8, 4) is 0 Å². The molecule has 0 aromatic carbocycles. The zero-order chi connectivity index (χ0) is 27.6. The maximum absolute atomic E-state index is 12.6. The second kappa shape index (κ2) is 14.3. The molecule has 0 atom stereocenters. The molecule has 10 nitrogen and oxygen atoms in total. The number of carbonyl (C=O) groups is 3. The molecule has 1 aliphatic heterocycles. The third-order valence-electron chi connectivity index (χ3n) is 4.99. The van der Waals surface area contributed by atoms with E-state index in [1.807, 2.05) is 72.1 Å². The first-order chi connectivity index (χ1) is 16.4. The van der Waals surface area contributed by atoms with Crippen molar-refractivity contribution >= 4 is 17.9 Å². The van der Waals surface area contributed by atoms with E-state index in [0.29, 0.717) is 58.8 Å². The summed E-state index contributed by atoms with van der Waals surface area (Å²) in [5.74, 6) is -0.853. The van der Waals surface area contributed by atoms with Crippen molar-refractivity contribution in [1.82, 2.24) is 20.2 Å². The van der Waals surface area contributed by atoms with Crippen molar-refractivity contribution in [2.45, 2.75) is 79.9 Å². The number of nitrogens with zero attached hydrogens (tertiary/aromatic N) is 3. The molecule has 0 aromatic heterocycles. The minimum Gasteiger partial charge on any atom is -0.459 e. The molecule has 0 saturated carbocycles. The first-order valence-corrected chi connectivity index (χ1v) is 13.0. The molecule has 1 N–H and O–H groups in total. The summed E-state index contributed by atoms with van der Waals surface area (Å²) in [4.78, 5) is 47.1. The summed E-state index contributed by atoms with van der Waals surface area (Å²) in [5, 5.41) is 5.03. The molecule has 0 unspecified atom stereocenters. The van der Waals surface area contributed by atoms with E-state index in [1.54, 1.807) is 5.06 Å². The smallest absolute Gasteiger partial charge is 0.325 e. The molecule has 1 saturated heterocycles. The second-order valence-electron chi connectivity index (χ2n) is 12.6. The number of hydrogen-bond acceptors (Lipinski definition) is 10. The average Bonchev–Trinajstić information content (AvgIpc) is 2.63. The van der Waals surface area contributed by atoms with Gasteiger partial charge in [-0.05, 0) is 47.0 Å². The van der Waals surface area contributed by atoms with Crippen LogP contribution in [0, 0.1) is 5.41 Å². The zero-order valence-electron chi connectivity index (χ0n) is 24.1. The molecule has 0 aromatic rings. The van der Waals surface area contributed by atoms with Gasteiger partial charge < -0.3 is 19.6 Å². The van der Waals surface area contributed by atoms with E-state index in [2.05, 4.69) is 5.32 Å². The fraction of sp³-hybridized carbons (Fsp3) is 0.885. The number of nitrogens with one attached hydrogen (secondary N) is 1. The van der Waals surface area contributed by atoms with Gasteiger partial charge in [-0.1, -0.05) is 20.8 Å². The Morgan fingerprint density at radius 1 is 0.639 bits per heavy atom. The predicted octanol–water partition coefficient (Wildman–Crippen LogP) is 2.07. The lowest BCUT2D eigenvalue weighted by molar-refractivity contribution is -0.193. The molecule has 1 heterocycles. The highest BCUT2D eigenvalue weighted by atomic mass is 16.7. The second-order valence-corrected chi connectivity index (χ2v) is 12.6. The van der Waals surface area contributed by atoms with E-state index in [-0.39, 0.29) is 36.4 Å². The van der Waals surface area contributed by atoms with Gasteiger partial charge in [0.2, 0.25) is 0 Å². The van der Waals surface area contributed by atoms with Crippen LogP contribution in [0.25, 0.3) is 0 Å². The van der Waals surface area contributed by atoms with Crippen molar-refractivity contribution < 1.29 is 28.7 Å². The van der Waals surface area contributed by atoms with Crippen molar-refractivity contribution in [2.75, 3.05) is 65.4 Å². The zero-order valence-corrected chi connectivity index (χ0v) is 24.1. The van der Waals surface area contributed by atoms with E-state index in [1.165, 1.54) is 0 Å². The molecular weight excluding hydrogens is 464 g/mol. The van der Waals surface area contributed by atoms with Gasteiger partial charge in [-0.2, -0.15) is 0 Å². The van der Waals surface area contributed by atoms with Gasteiger partial charge >= 0.3 is 17.9 Å². The Morgan fingerprint density at radius 2 is 1.08 bits per heavy atom. The Bertz CT molecular complexity index is 665. The summed E-state index contributed by atoms with van der Waals surface area (Å²) in [6.07, 6.45) is 0.318. The standard InChI is InChI=1S/C26H50N4O6/c1-24(2,3)18-21(31)36-30-13-11-27-10-12-28(19-22(32)34-25(4,5)6)14-15-29(16-17-30)20-23(33)35-26(7,8)9/h27H,10-20H2,1-9H3. The molecule has 36 heavy (non-hydrogen) atoms. The lowest BCUT2D eigenvalue weighted by atomic mass is 9.93. The lowest BCUT2D eigenvalue weighted by Gasteiger charge is -2.31. The van der Waals surface area contributed by atoms with Crippen LogP contribution in [-0.2, 0) is 28.7 Å². The van der Waals surface area contributed by atoms with Gasteiger partial charge in [-0.3, -0.25) is 24.2 Å². The third kappa shape index (κ3) is 16.8. The van der Waals surface area contributed by atoms with Crippen molar-refractivity contribution in [2.24, 2.45) is 5.41 Å². The number of esters is 2. The molecule has 0 aliphatic carbocycles. The van der Waals surface area contributed by atoms with Crippen molar-refractivity contribution in [3.63, 3.8) is 0 Å². The molecule has 1 aliphatic rings. The number of hydrogen-bond donors (Lipinski definition) is 1. The van der Waals surface area contributed by atoms with Gasteiger partial charge in [0.25, 0.3) is 0 Å². The first kappa shape index (κ1) is 32.3. The van der Waals surface area contributed by atoms with Crippen LogP contribution in [0.3, 0.4) is 0 Å². The SMILES string of the molecule is CC(C)(C)CC(=O)ON1CCNCCN(CC(=O)OC(C)(C)C)CCN(CC(=O)OC(C)(C)C)CC1. The average molecular weight is 515 g/mol.